The Labute approximate surface area is 146 Å². The lowest BCUT2D eigenvalue weighted by Crippen LogP contribution is -2.24. The normalized spacial score (nSPS) is 10.6. The fourth-order valence-electron chi connectivity index (χ4n) is 1.55. The summed E-state index contributed by atoms with van der Waals surface area (Å²) >= 11 is 7.92. The minimum absolute atomic E-state index is 0.135. The molecule has 22 heavy (non-hydrogen) atoms. The SMILES string of the molecule is O=C(COc1ccc(Cl)cc1I)N/N=C\c1cccc(O)c1. The number of hydrogen-bond donors (Lipinski definition) is 2. The van der Waals surface area contributed by atoms with Crippen molar-refractivity contribution in [1.82, 2.24) is 5.43 Å². The first-order valence-corrected chi connectivity index (χ1v) is 7.69. The largest absolute Gasteiger partial charge is 0.508 e. The van der Waals surface area contributed by atoms with Crippen LogP contribution < -0.4 is 10.2 Å². The van der Waals surface area contributed by atoms with Crippen LogP contribution in [0.25, 0.3) is 0 Å². The molecule has 1 amide bonds. The molecule has 0 spiro atoms. The topological polar surface area (TPSA) is 70.9 Å². The number of nitrogens with zero attached hydrogens (tertiary/aromatic N) is 1. The number of hydrazone groups is 1. The molecule has 0 heterocycles. The van der Waals surface area contributed by atoms with E-state index in [1.54, 1.807) is 36.4 Å². The fourth-order valence-corrected chi connectivity index (χ4v) is 2.58. The van der Waals surface area contributed by atoms with Crippen molar-refractivity contribution in [2.75, 3.05) is 6.61 Å². The van der Waals surface area contributed by atoms with Crippen molar-refractivity contribution in [3.05, 3.63) is 56.6 Å². The molecule has 114 valence electrons. The molecule has 0 aliphatic heterocycles. The molecule has 0 atom stereocenters. The van der Waals surface area contributed by atoms with Gasteiger partial charge in [-0.3, -0.25) is 4.79 Å². The van der Waals surface area contributed by atoms with E-state index in [4.69, 9.17) is 16.3 Å². The monoisotopic (exact) mass is 430 g/mol. The number of amides is 1. The minimum Gasteiger partial charge on any atom is -0.508 e. The zero-order chi connectivity index (χ0) is 15.9. The van der Waals surface area contributed by atoms with E-state index in [1.165, 1.54) is 12.3 Å². The van der Waals surface area contributed by atoms with Crippen molar-refractivity contribution >= 4 is 46.3 Å². The van der Waals surface area contributed by atoms with Crippen LogP contribution in [0.3, 0.4) is 0 Å². The van der Waals surface area contributed by atoms with Crippen LogP contribution in [0.4, 0.5) is 0 Å². The van der Waals surface area contributed by atoms with E-state index in [-0.39, 0.29) is 18.3 Å². The lowest BCUT2D eigenvalue weighted by molar-refractivity contribution is -0.123. The molecule has 5 nitrogen and oxygen atoms in total. The predicted octanol–water partition coefficient (Wildman–Crippen LogP) is 3.18. The molecule has 2 aromatic rings. The van der Waals surface area contributed by atoms with Crippen molar-refractivity contribution in [1.29, 1.82) is 0 Å². The first-order chi connectivity index (χ1) is 10.5. The van der Waals surface area contributed by atoms with E-state index >= 15 is 0 Å². The molecule has 2 aromatic carbocycles. The molecule has 0 aliphatic rings. The Hall–Kier alpha value is -1.80. The smallest absolute Gasteiger partial charge is 0.277 e. The Balaban J connectivity index is 1.83. The summed E-state index contributed by atoms with van der Waals surface area (Å²) < 4.78 is 6.20. The summed E-state index contributed by atoms with van der Waals surface area (Å²) in [6, 6.07) is 11.7. The molecule has 2 rings (SSSR count). The van der Waals surface area contributed by atoms with Crippen LogP contribution in [0.2, 0.25) is 5.02 Å². The van der Waals surface area contributed by atoms with Gasteiger partial charge in [-0.15, -0.1) is 0 Å². The summed E-state index contributed by atoms with van der Waals surface area (Å²) in [4.78, 5) is 11.6. The maximum Gasteiger partial charge on any atom is 0.277 e. The maximum absolute atomic E-state index is 11.6. The van der Waals surface area contributed by atoms with Crippen LogP contribution in [0.5, 0.6) is 11.5 Å². The van der Waals surface area contributed by atoms with E-state index in [1.807, 2.05) is 0 Å². The first-order valence-electron chi connectivity index (χ1n) is 6.23. The third-order valence-corrected chi connectivity index (χ3v) is 3.60. The molecule has 0 saturated carbocycles. The first kappa shape index (κ1) is 16.6. The highest BCUT2D eigenvalue weighted by Gasteiger charge is 2.05. The number of benzene rings is 2. The van der Waals surface area contributed by atoms with Crippen molar-refractivity contribution in [2.45, 2.75) is 0 Å². The van der Waals surface area contributed by atoms with E-state index in [9.17, 15) is 9.90 Å². The van der Waals surface area contributed by atoms with Crippen molar-refractivity contribution in [2.24, 2.45) is 5.10 Å². The van der Waals surface area contributed by atoms with Gasteiger partial charge in [-0.2, -0.15) is 5.10 Å². The van der Waals surface area contributed by atoms with Crippen LogP contribution in [-0.2, 0) is 4.79 Å². The molecule has 0 bridgehead atoms. The van der Waals surface area contributed by atoms with Gasteiger partial charge in [-0.1, -0.05) is 23.7 Å². The van der Waals surface area contributed by atoms with E-state index in [2.05, 4.69) is 33.1 Å². The van der Waals surface area contributed by atoms with Gasteiger partial charge in [0.25, 0.3) is 5.91 Å². The van der Waals surface area contributed by atoms with Gasteiger partial charge in [0, 0.05) is 5.02 Å². The Morgan fingerprint density at radius 2 is 2.18 bits per heavy atom. The number of carbonyl (C=O) groups is 1. The van der Waals surface area contributed by atoms with Gasteiger partial charge in [0.05, 0.1) is 9.78 Å². The Morgan fingerprint density at radius 3 is 2.91 bits per heavy atom. The van der Waals surface area contributed by atoms with Crippen LogP contribution in [0.15, 0.2) is 47.6 Å². The number of phenolic OH excluding ortho intramolecular Hbond substituents is 1. The zero-order valence-electron chi connectivity index (χ0n) is 11.3. The molecule has 0 fully saturated rings. The van der Waals surface area contributed by atoms with Crippen molar-refractivity contribution < 1.29 is 14.6 Å². The summed E-state index contributed by atoms with van der Waals surface area (Å²) in [5.41, 5.74) is 3.02. The van der Waals surface area contributed by atoms with Crippen LogP contribution in [0.1, 0.15) is 5.56 Å². The van der Waals surface area contributed by atoms with Gasteiger partial charge in [-0.05, 0) is 58.5 Å². The average Bonchev–Trinajstić information content (AvgIpc) is 2.46. The number of hydrogen-bond acceptors (Lipinski definition) is 4. The molecular weight excluding hydrogens is 419 g/mol. The minimum atomic E-state index is -0.387. The summed E-state index contributed by atoms with van der Waals surface area (Å²) in [6.07, 6.45) is 1.43. The van der Waals surface area contributed by atoms with Crippen LogP contribution >= 0.6 is 34.2 Å². The number of phenols is 1. The standard InChI is InChI=1S/C15H12ClIN2O3/c16-11-4-5-14(13(17)7-11)22-9-15(21)19-18-8-10-2-1-3-12(20)6-10/h1-8,20H,9H2,(H,19,21)/b18-8-. The molecule has 0 radical (unpaired) electrons. The maximum atomic E-state index is 11.6. The number of aromatic hydroxyl groups is 1. The van der Waals surface area contributed by atoms with E-state index in [0.717, 1.165) is 3.57 Å². The lowest BCUT2D eigenvalue weighted by Gasteiger charge is -2.07. The molecule has 0 aliphatic carbocycles. The highest BCUT2D eigenvalue weighted by Crippen LogP contribution is 2.24. The Morgan fingerprint density at radius 1 is 1.36 bits per heavy atom. The zero-order valence-corrected chi connectivity index (χ0v) is 14.2. The molecule has 2 N–H and O–H groups in total. The fraction of sp³-hybridized carbons (Fsp3) is 0.0667. The average molecular weight is 431 g/mol. The summed E-state index contributed by atoms with van der Waals surface area (Å²) in [5.74, 6) is 0.329. The highest BCUT2D eigenvalue weighted by atomic mass is 127. The molecule has 7 heteroatoms. The predicted molar refractivity (Wildman–Crippen MR) is 93.5 cm³/mol. The number of rotatable bonds is 5. The third-order valence-electron chi connectivity index (χ3n) is 2.53. The second-order valence-corrected chi connectivity index (χ2v) is 5.85. The second-order valence-electron chi connectivity index (χ2n) is 4.25. The molecule has 0 saturated heterocycles. The van der Waals surface area contributed by atoms with Crippen LogP contribution in [-0.4, -0.2) is 23.8 Å². The van der Waals surface area contributed by atoms with Crippen molar-refractivity contribution in [3.8, 4) is 11.5 Å². The van der Waals surface area contributed by atoms with Gasteiger partial charge >= 0.3 is 0 Å². The third kappa shape index (κ3) is 5.19. The quantitative estimate of drug-likeness (QED) is 0.435. The number of nitrogens with one attached hydrogen (secondary N) is 1. The molecule has 0 unspecified atom stereocenters. The highest BCUT2D eigenvalue weighted by molar-refractivity contribution is 14.1. The number of ether oxygens (including phenoxy) is 1. The summed E-state index contributed by atoms with van der Waals surface area (Å²) in [6.45, 7) is -0.158. The van der Waals surface area contributed by atoms with Gasteiger partial charge < -0.3 is 9.84 Å². The second kappa shape index (κ2) is 8.00. The van der Waals surface area contributed by atoms with Crippen molar-refractivity contribution in [3.63, 3.8) is 0 Å². The summed E-state index contributed by atoms with van der Waals surface area (Å²) in [7, 11) is 0. The van der Waals surface area contributed by atoms with Crippen LogP contribution in [0, 0.1) is 3.57 Å². The Bertz CT molecular complexity index is 707. The molecule has 0 aromatic heterocycles. The number of carbonyl (C=O) groups excluding carboxylic acids is 1. The molecular formula is C15H12ClIN2O3. The Kier molecular flexibility index (Phi) is 6.02. The van der Waals surface area contributed by atoms with Gasteiger partial charge in [-0.25, -0.2) is 5.43 Å². The lowest BCUT2D eigenvalue weighted by atomic mass is 10.2. The van der Waals surface area contributed by atoms with E-state index in [0.29, 0.717) is 16.3 Å². The van der Waals surface area contributed by atoms with E-state index < -0.39 is 0 Å². The summed E-state index contributed by atoms with van der Waals surface area (Å²) in [5, 5.41) is 13.7. The van der Waals surface area contributed by atoms with Gasteiger partial charge in [0.2, 0.25) is 0 Å². The van der Waals surface area contributed by atoms with Gasteiger partial charge in [0.1, 0.15) is 11.5 Å². The number of halogens is 2. The van der Waals surface area contributed by atoms with Gasteiger partial charge in [0.15, 0.2) is 6.61 Å².